The molecule has 0 spiro atoms. The predicted octanol–water partition coefficient (Wildman–Crippen LogP) is 12.2. The van der Waals surface area contributed by atoms with E-state index in [2.05, 4.69) is 144 Å². The molecule has 2 nitrogen and oxygen atoms in total. The minimum absolute atomic E-state index is 0.895. The fourth-order valence-electron chi connectivity index (χ4n) is 6.47. The van der Waals surface area contributed by atoms with Crippen LogP contribution < -0.4 is 4.90 Å². The van der Waals surface area contributed by atoms with Gasteiger partial charge in [-0.15, -0.1) is 11.3 Å². The highest BCUT2D eigenvalue weighted by atomic mass is 32.1. The molecule has 0 aliphatic heterocycles. The second kappa shape index (κ2) is 9.59. The van der Waals surface area contributed by atoms with Crippen molar-refractivity contribution in [2.45, 2.75) is 0 Å². The highest BCUT2D eigenvalue weighted by molar-refractivity contribution is 7.25. The van der Waals surface area contributed by atoms with Crippen LogP contribution in [0.25, 0.3) is 64.0 Å². The first kappa shape index (κ1) is 24.2. The van der Waals surface area contributed by atoms with Gasteiger partial charge < -0.3 is 9.32 Å². The summed E-state index contributed by atoms with van der Waals surface area (Å²) in [6.07, 6.45) is 0. The van der Waals surface area contributed by atoms with Crippen LogP contribution >= 0.6 is 11.3 Å². The molecule has 0 aliphatic rings. The standard InChI is InChI=1S/C40H25NOS/c1-2-12-29-26(10-1)11-9-17-36(29)41(28-21-23-38-34(25-28)31-14-4-7-18-37(31)42-38)35-16-6-3-13-30(35)27-20-22-33-32-15-5-8-19-39(32)43-40(33)24-27/h1-25H. The topological polar surface area (TPSA) is 16.4 Å². The van der Waals surface area contributed by atoms with Crippen LogP contribution in [0.4, 0.5) is 17.1 Å². The molecule has 0 saturated heterocycles. The summed E-state index contributed by atoms with van der Waals surface area (Å²) in [6, 6.07) is 54.4. The Morgan fingerprint density at radius 3 is 2.09 bits per heavy atom. The number of nitrogens with zero attached hydrogens (tertiary/aromatic N) is 1. The van der Waals surface area contributed by atoms with E-state index in [1.54, 1.807) is 0 Å². The second-order valence-corrected chi connectivity index (χ2v) is 12.0. The van der Waals surface area contributed by atoms with Crippen molar-refractivity contribution in [2.75, 3.05) is 4.90 Å². The molecule has 0 fully saturated rings. The largest absolute Gasteiger partial charge is 0.456 e. The molecular weight excluding hydrogens is 543 g/mol. The Kier molecular flexibility index (Phi) is 5.40. The molecule has 2 aromatic heterocycles. The number of hydrogen-bond acceptors (Lipinski definition) is 3. The lowest BCUT2D eigenvalue weighted by Crippen LogP contribution is -2.11. The van der Waals surface area contributed by atoms with Gasteiger partial charge in [-0.05, 0) is 59.5 Å². The number of benzene rings is 7. The summed E-state index contributed by atoms with van der Waals surface area (Å²) < 4.78 is 8.83. The number of anilines is 3. The molecule has 0 N–H and O–H groups in total. The summed E-state index contributed by atoms with van der Waals surface area (Å²) in [5, 5.41) is 7.29. The maximum absolute atomic E-state index is 6.21. The van der Waals surface area contributed by atoms with E-state index in [9.17, 15) is 0 Å². The highest BCUT2D eigenvalue weighted by Crippen LogP contribution is 2.46. The molecule has 0 radical (unpaired) electrons. The first-order valence-corrected chi connectivity index (χ1v) is 15.3. The smallest absolute Gasteiger partial charge is 0.135 e. The lowest BCUT2D eigenvalue weighted by atomic mass is 9.99. The maximum atomic E-state index is 6.21. The third kappa shape index (κ3) is 3.86. The van der Waals surface area contributed by atoms with Gasteiger partial charge in [0.25, 0.3) is 0 Å². The van der Waals surface area contributed by atoms with Crippen molar-refractivity contribution >= 4 is 81.3 Å². The molecule has 9 aromatic rings. The number of fused-ring (bicyclic) bond motifs is 7. The summed E-state index contributed by atoms with van der Waals surface area (Å²) in [6.45, 7) is 0. The van der Waals surface area contributed by atoms with Crippen molar-refractivity contribution in [3.05, 3.63) is 152 Å². The van der Waals surface area contributed by atoms with E-state index in [0.29, 0.717) is 0 Å². The van der Waals surface area contributed by atoms with Crippen molar-refractivity contribution in [2.24, 2.45) is 0 Å². The average molecular weight is 568 g/mol. The van der Waals surface area contributed by atoms with Crippen LogP contribution in [-0.4, -0.2) is 0 Å². The molecule has 3 heteroatoms. The van der Waals surface area contributed by atoms with Gasteiger partial charge >= 0.3 is 0 Å². The minimum Gasteiger partial charge on any atom is -0.456 e. The van der Waals surface area contributed by atoms with E-state index in [1.165, 1.54) is 42.1 Å². The molecule has 0 amide bonds. The monoisotopic (exact) mass is 567 g/mol. The van der Waals surface area contributed by atoms with Crippen molar-refractivity contribution in [1.29, 1.82) is 0 Å². The van der Waals surface area contributed by atoms with E-state index in [4.69, 9.17) is 4.42 Å². The zero-order valence-corrected chi connectivity index (χ0v) is 24.0. The van der Waals surface area contributed by atoms with Crippen LogP contribution in [0.15, 0.2) is 156 Å². The minimum atomic E-state index is 0.895. The van der Waals surface area contributed by atoms with Gasteiger partial charge in [0.15, 0.2) is 0 Å². The first-order valence-electron chi connectivity index (χ1n) is 14.5. The fourth-order valence-corrected chi connectivity index (χ4v) is 7.62. The maximum Gasteiger partial charge on any atom is 0.135 e. The quantitative estimate of drug-likeness (QED) is 0.210. The molecule has 2 heterocycles. The first-order chi connectivity index (χ1) is 21.3. The lowest BCUT2D eigenvalue weighted by Gasteiger charge is -2.29. The highest BCUT2D eigenvalue weighted by Gasteiger charge is 2.20. The lowest BCUT2D eigenvalue weighted by molar-refractivity contribution is 0.669. The molecule has 202 valence electrons. The van der Waals surface area contributed by atoms with Gasteiger partial charge in [0.2, 0.25) is 0 Å². The summed E-state index contributed by atoms with van der Waals surface area (Å²) in [7, 11) is 0. The van der Waals surface area contributed by atoms with Gasteiger partial charge in [0.1, 0.15) is 11.2 Å². The average Bonchev–Trinajstić information content (AvgIpc) is 3.63. The van der Waals surface area contributed by atoms with E-state index >= 15 is 0 Å². The van der Waals surface area contributed by atoms with Crippen LogP contribution in [0.1, 0.15) is 0 Å². The molecule has 0 aliphatic carbocycles. The molecule has 0 atom stereocenters. The number of hydrogen-bond donors (Lipinski definition) is 0. The second-order valence-electron chi connectivity index (χ2n) is 10.9. The Bertz CT molecular complexity index is 2480. The molecule has 9 rings (SSSR count). The Labute approximate surface area is 252 Å². The van der Waals surface area contributed by atoms with E-state index in [0.717, 1.165) is 39.0 Å². The van der Waals surface area contributed by atoms with Gasteiger partial charge in [0.05, 0.1) is 11.4 Å². The van der Waals surface area contributed by atoms with Gasteiger partial charge in [-0.1, -0.05) is 103 Å². The van der Waals surface area contributed by atoms with Gasteiger partial charge in [-0.3, -0.25) is 0 Å². The Morgan fingerprint density at radius 2 is 1.14 bits per heavy atom. The number of thiophene rings is 1. The van der Waals surface area contributed by atoms with Gasteiger partial charge in [-0.2, -0.15) is 0 Å². The molecule has 0 saturated carbocycles. The molecule has 43 heavy (non-hydrogen) atoms. The molecule has 7 aromatic carbocycles. The number of para-hydroxylation sites is 2. The molecule has 0 bridgehead atoms. The Hall–Kier alpha value is -5.38. The van der Waals surface area contributed by atoms with E-state index in [1.807, 2.05) is 23.5 Å². The van der Waals surface area contributed by atoms with Crippen molar-refractivity contribution < 1.29 is 4.42 Å². The zero-order chi connectivity index (χ0) is 28.3. The zero-order valence-electron chi connectivity index (χ0n) is 23.2. The van der Waals surface area contributed by atoms with Gasteiger partial charge in [0, 0.05) is 47.6 Å². The SMILES string of the molecule is c1ccc(N(c2ccc3oc4ccccc4c3c2)c2cccc3ccccc23)c(-c2ccc3c(c2)sc2ccccc23)c1. The third-order valence-electron chi connectivity index (χ3n) is 8.46. The van der Waals surface area contributed by atoms with Crippen LogP contribution in [0.3, 0.4) is 0 Å². The van der Waals surface area contributed by atoms with Crippen LogP contribution in [0.5, 0.6) is 0 Å². The number of furan rings is 1. The van der Waals surface area contributed by atoms with Gasteiger partial charge in [-0.25, -0.2) is 0 Å². The Balaban J connectivity index is 1.31. The summed E-state index contributed by atoms with van der Waals surface area (Å²) >= 11 is 1.86. The van der Waals surface area contributed by atoms with Crippen molar-refractivity contribution in [3.63, 3.8) is 0 Å². The third-order valence-corrected chi connectivity index (χ3v) is 9.59. The molecule has 0 unspecified atom stereocenters. The Morgan fingerprint density at radius 1 is 0.442 bits per heavy atom. The summed E-state index contributed by atoms with van der Waals surface area (Å²) in [4.78, 5) is 2.41. The normalized spacial score (nSPS) is 11.7. The van der Waals surface area contributed by atoms with Crippen molar-refractivity contribution in [1.82, 2.24) is 0 Å². The van der Waals surface area contributed by atoms with Crippen LogP contribution in [0.2, 0.25) is 0 Å². The van der Waals surface area contributed by atoms with Crippen LogP contribution in [0, 0.1) is 0 Å². The summed E-state index contributed by atoms with van der Waals surface area (Å²) in [5.74, 6) is 0. The predicted molar refractivity (Wildman–Crippen MR) is 184 cm³/mol. The summed E-state index contributed by atoms with van der Waals surface area (Å²) in [5.41, 5.74) is 7.55. The van der Waals surface area contributed by atoms with E-state index < -0.39 is 0 Å². The molecular formula is C40H25NOS. The van der Waals surface area contributed by atoms with Crippen molar-refractivity contribution in [3.8, 4) is 11.1 Å². The van der Waals surface area contributed by atoms with Crippen LogP contribution in [-0.2, 0) is 0 Å². The van der Waals surface area contributed by atoms with E-state index in [-0.39, 0.29) is 0 Å². The fraction of sp³-hybridized carbons (Fsp3) is 0. The number of rotatable bonds is 4.